The molecule has 68 heavy (non-hydrogen) atoms. The van der Waals surface area contributed by atoms with Gasteiger partial charge in [0.05, 0.1) is 0 Å². The van der Waals surface area contributed by atoms with Gasteiger partial charge in [0.15, 0.2) is 0 Å². The molecular weight excluding hydrogens is 821 g/mol. The quantitative estimate of drug-likeness (QED) is 0.0458. The first-order chi connectivity index (χ1) is 33.5. The first kappa shape index (κ1) is 49.3. The van der Waals surface area contributed by atoms with Gasteiger partial charge < -0.3 is 10.6 Å². The molecule has 358 valence electrons. The molecule has 0 heterocycles. The molecule has 2 nitrogen and oxygen atoms in total. The number of hydrogen-bond donors (Lipinski definition) is 2. The fourth-order valence-electron chi connectivity index (χ4n) is 12.3. The molecule has 0 amide bonds. The number of benzene rings is 6. The summed E-state index contributed by atoms with van der Waals surface area (Å²) < 4.78 is 0. The Kier molecular flexibility index (Phi) is 17.8. The Labute approximate surface area is 413 Å². The fourth-order valence-corrected chi connectivity index (χ4v) is 12.3. The summed E-state index contributed by atoms with van der Waals surface area (Å²) in [6.45, 7) is 9.36. The van der Waals surface area contributed by atoms with Crippen molar-refractivity contribution in [1.82, 2.24) is 0 Å². The van der Waals surface area contributed by atoms with E-state index in [2.05, 4.69) is 172 Å². The zero-order valence-corrected chi connectivity index (χ0v) is 42.7. The molecule has 0 atom stereocenters. The normalized spacial score (nSPS) is 13.8. The third kappa shape index (κ3) is 11.3. The van der Waals surface area contributed by atoms with Crippen LogP contribution in [0.5, 0.6) is 0 Å². The molecule has 2 aliphatic rings. The lowest BCUT2D eigenvalue weighted by molar-refractivity contribution is 0.399. The molecule has 6 aromatic rings. The van der Waals surface area contributed by atoms with Crippen molar-refractivity contribution in [3.63, 3.8) is 0 Å². The van der Waals surface area contributed by atoms with Gasteiger partial charge in [-0.25, -0.2) is 0 Å². The van der Waals surface area contributed by atoms with Crippen molar-refractivity contribution >= 4 is 22.7 Å². The van der Waals surface area contributed by atoms with Crippen LogP contribution in [0.3, 0.4) is 0 Å². The summed E-state index contributed by atoms with van der Waals surface area (Å²) in [6, 6.07) is 51.4. The summed E-state index contributed by atoms with van der Waals surface area (Å²) in [4.78, 5) is 0. The van der Waals surface area contributed by atoms with Gasteiger partial charge in [0.2, 0.25) is 0 Å². The highest BCUT2D eigenvalue weighted by Crippen LogP contribution is 2.58. The molecule has 6 aromatic carbocycles. The van der Waals surface area contributed by atoms with Crippen LogP contribution in [0.1, 0.15) is 204 Å². The van der Waals surface area contributed by atoms with Crippen molar-refractivity contribution < 1.29 is 0 Å². The lowest BCUT2D eigenvalue weighted by Crippen LogP contribution is -2.26. The molecule has 0 aromatic heterocycles. The Morgan fingerprint density at radius 3 is 0.897 bits per heavy atom. The SMILES string of the molecule is CCCCCCCC1(CCCCCCC)c2cc(Nc3ccccc3)ccc2-c2ccc(-c3ccc4c(c3)C(CCCCCCC)(CCCCCCC)c3cc(Nc5ccccc5)ccc3-4)cc21. The topological polar surface area (TPSA) is 24.1 Å². The Bertz CT molecular complexity index is 2280. The van der Waals surface area contributed by atoms with Crippen LogP contribution in [-0.2, 0) is 10.8 Å². The van der Waals surface area contributed by atoms with Crippen LogP contribution in [-0.4, -0.2) is 0 Å². The Balaban J connectivity index is 1.22. The van der Waals surface area contributed by atoms with E-state index < -0.39 is 0 Å². The van der Waals surface area contributed by atoms with Gasteiger partial charge in [-0.3, -0.25) is 0 Å². The molecule has 2 heteroatoms. The highest BCUT2D eigenvalue weighted by molar-refractivity contribution is 5.88. The van der Waals surface area contributed by atoms with E-state index in [4.69, 9.17) is 0 Å². The standard InChI is InChI=1S/C66H84N2/c1-5-9-13-17-27-43-65(44-28-18-14-10-6-2)61-47-51(35-39-57(61)59-41-37-55(49-63(59)65)67-53-31-23-21-24-32-53)52-36-40-58-60-42-38-56(68-54-33-25-22-26-34-54)50-64(60)66(62(58)48-52,45-29-19-15-11-7-3)46-30-20-16-12-8-4/h21-26,31-42,47-50,67-68H,5-20,27-30,43-46H2,1-4H3. The van der Waals surface area contributed by atoms with E-state index in [-0.39, 0.29) is 10.8 Å². The Morgan fingerprint density at radius 2 is 0.574 bits per heavy atom. The number of fused-ring (bicyclic) bond motifs is 6. The first-order valence-electron chi connectivity index (χ1n) is 27.8. The Hall–Kier alpha value is -5.08. The van der Waals surface area contributed by atoms with Gasteiger partial charge in [-0.15, -0.1) is 0 Å². The number of nitrogens with one attached hydrogen (secondary N) is 2. The molecule has 2 N–H and O–H groups in total. The van der Waals surface area contributed by atoms with E-state index in [1.807, 2.05) is 0 Å². The predicted molar refractivity (Wildman–Crippen MR) is 297 cm³/mol. The van der Waals surface area contributed by atoms with Gasteiger partial charge in [0.1, 0.15) is 0 Å². The number of unbranched alkanes of at least 4 members (excludes halogenated alkanes) is 16. The molecule has 0 aliphatic heterocycles. The highest BCUT2D eigenvalue weighted by atomic mass is 14.9. The minimum atomic E-state index is -0.0106. The van der Waals surface area contributed by atoms with Gasteiger partial charge in [-0.05, 0) is 142 Å². The average Bonchev–Trinajstić information content (AvgIpc) is 3.79. The third-order valence-corrected chi connectivity index (χ3v) is 16.0. The van der Waals surface area contributed by atoms with Crippen molar-refractivity contribution in [1.29, 1.82) is 0 Å². The van der Waals surface area contributed by atoms with Crippen LogP contribution < -0.4 is 10.6 Å². The van der Waals surface area contributed by atoms with Gasteiger partial charge in [-0.2, -0.15) is 0 Å². The maximum atomic E-state index is 3.80. The molecule has 0 fully saturated rings. The molecular formula is C66H84N2. The Morgan fingerprint density at radius 1 is 0.279 bits per heavy atom. The maximum Gasteiger partial charge on any atom is 0.0387 e. The predicted octanol–water partition coefficient (Wildman–Crippen LogP) is 20.8. The number of anilines is 4. The van der Waals surface area contributed by atoms with Crippen LogP contribution in [0.2, 0.25) is 0 Å². The van der Waals surface area contributed by atoms with Gasteiger partial charge in [0.25, 0.3) is 0 Å². The average molecular weight is 905 g/mol. The largest absolute Gasteiger partial charge is 0.356 e. The van der Waals surface area contributed by atoms with Crippen LogP contribution in [0, 0.1) is 0 Å². The summed E-state index contributed by atoms with van der Waals surface area (Å²) in [7, 11) is 0. The highest BCUT2D eigenvalue weighted by Gasteiger charge is 2.44. The van der Waals surface area contributed by atoms with Gasteiger partial charge in [-0.1, -0.05) is 229 Å². The van der Waals surface area contributed by atoms with E-state index in [0.717, 1.165) is 11.4 Å². The molecule has 0 saturated heterocycles. The van der Waals surface area contributed by atoms with Crippen LogP contribution in [0.15, 0.2) is 133 Å². The zero-order chi connectivity index (χ0) is 47.0. The van der Waals surface area contributed by atoms with Crippen LogP contribution >= 0.6 is 0 Å². The second-order valence-electron chi connectivity index (χ2n) is 20.8. The second kappa shape index (κ2) is 24.5. The number of hydrogen-bond acceptors (Lipinski definition) is 2. The smallest absolute Gasteiger partial charge is 0.0387 e. The molecule has 0 spiro atoms. The van der Waals surface area contributed by atoms with Crippen molar-refractivity contribution in [2.75, 3.05) is 10.6 Å². The summed E-state index contributed by atoms with van der Waals surface area (Å²) in [5, 5.41) is 7.61. The summed E-state index contributed by atoms with van der Waals surface area (Å²) in [5.74, 6) is 0. The van der Waals surface area contributed by atoms with E-state index in [0.29, 0.717) is 0 Å². The van der Waals surface area contributed by atoms with E-state index in [9.17, 15) is 0 Å². The minimum absolute atomic E-state index is 0.0106. The molecule has 0 radical (unpaired) electrons. The van der Waals surface area contributed by atoms with E-state index in [1.165, 1.54) is 199 Å². The van der Waals surface area contributed by atoms with Crippen molar-refractivity contribution in [2.45, 2.75) is 193 Å². The van der Waals surface area contributed by atoms with Crippen molar-refractivity contribution in [3.05, 3.63) is 156 Å². The van der Waals surface area contributed by atoms with Crippen molar-refractivity contribution in [2.24, 2.45) is 0 Å². The van der Waals surface area contributed by atoms with Gasteiger partial charge >= 0.3 is 0 Å². The first-order valence-corrected chi connectivity index (χ1v) is 27.8. The number of para-hydroxylation sites is 2. The summed E-state index contributed by atoms with van der Waals surface area (Å²) >= 11 is 0. The third-order valence-electron chi connectivity index (χ3n) is 16.0. The zero-order valence-electron chi connectivity index (χ0n) is 42.7. The lowest BCUT2D eigenvalue weighted by atomic mass is 9.69. The fraction of sp³-hybridized carbons (Fsp3) is 0.455. The minimum Gasteiger partial charge on any atom is -0.356 e. The van der Waals surface area contributed by atoms with Crippen LogP contribution in [0.25, 0.3) is 33.4 Å². The molecule has 0 unspecified atom stereocenters. The van der Waals surface area contributed by atoms with E-state index in [1.54, 1.807) is 22.3 Å². The van der Waals surface area contributed by atoms with Crippen molar-refractivity contribution in [3.8, 4) is 33.4 Å². The maximum absolute atomic E-state index is 3.80. The second-order valence-corrected chi connectivity index (χ2v) is 20.8. The summed E-state index contributed by atoms with van der Waals surface area (Å²) in [5.41, 5.74) is 19.5. The molecule has 0 bridgehead atoms. The number of rotatable bonds is 29. The lowest BCUT2D eigenvalue weighted by Gasteiger charge is -2.34. The van der Waals surface area contributed by atoms with E-state index >= 15 is 0 Å². The van der Waals surface area contributed by atoms with Gasteiger partial charge in [0, 0.05) is 33.6 Å². The molecule has 2 aliphatic carbocycles. The monoisotopic (exact) mass is 905 g/mol. The molecule has 8 rings (SSSR count). The molecule has 0 saturated carbocycles. The van der Waals surface area contributed by atoms with Crippen LogP contribution in [0.4, 0.5) is 22.7 Å². The summed E-state index contributed by atoms with van der Waals surface area (Å²) in [6.07, 6.45) is 30.9.